The molecule has 1 aromatic heterocycles. The Labute approximate surface area is 99.4 Å². The molecule has 0 aliphatic carbocycles. The number of H-pyrrole nitrogens is 1. The normalized spacial score (nSPS) is 11.5. The molecule has 0 fully saturated rings. The second-order valence-electron chi connectivity index (χ2n) is 1.98. The number of carbonyl (C=O) groups is 1. The first-order chi connectivity index (χ1) is 5.65. The van der Waals surface area contributed by atoms with Crippen LogP contribution in [0.15, 0.2) is 17.2 Å². The van der Waals surface area contributed by atoms with E-state index in [1.54, 1.807) is 0 Å². The molecular formula is C6H6NNaO4S. The van der Waals surface area contributed by atoms with Crippen molar-refractivity contribution in [1.82, 2.24) is 4.98 Å². The molecule has 5 nitrogen and oxygen atoms in total. The second-order valence-corrected chi connectivity index (χ2v) is 2.92. The molecule has 0 saturated carbocycles. The molecule has 0 saturated heterocycles. The third-order valence-corrected chi connectivity index (χ3v) is 1.87. The Morgan fingerprint density at radius 1 is 1.69 bits per heavy atom. The Balaban J connectivity index is 0.00000144. The minimum atomic E-state index is -2.32. The van der Waals surface area contributed by atoms with Crippen LogP contribution in [0.5, 0.6) is 0 Å². The van der Waals surface area contributed by atoms with Crippen LogP contribution in [-0.2, 0) is 15.8 Å². The molecule has 0 amide bonds. The molecule has 0 aliphatic rings. The van der Waals surface area contributed by atoms with Crippen molar-refractivity contribution >= 4 is 17.0 Å². The van der Waals surface area contributed by atoms with Crippen LogP contribution >= 0.6 is 0 Å². The van der Waals surface area contributed by atoms with E-state index in [9.17, 15) is 13.6 Å². The van der Waals surface area contributed by atoms with Gasteiger partial charge in [0.05, 0.1) is 7.11 Å². The summed E-state index contributed by atoms with van der Waals surface area (Å²) in [5, 5.41) is 0. The largest absolute Gasteiger partial charge is 1.00 e. The molecule has 1 N–H and O–H groups in total. The number of nitrogens with one attached hydrogen (secondary N) is 1. The van der Waals surface area contributed by atoms with E-state index in [0.29, 0.717) is 0 Å². The Bertz CT molecular complexity index is 324. The van der Waals surface area contributed by atoms with Crippen molar-refractivity contribution in [2.75, 3.05) is 7.11 Å². The first-order valence-electron chi connectivity index (χ1n) is 3.01. The molecule has 1 heterocycles. The smallest absolute Gasteiger partial charge is 0.768 e. The van der Waals surface area contributed by atoms with Gasteiger partial charge in [-0.1, -0.05) is 0 Å². The summed E-state index contributed by atoms with van der Waals surface area (Å²) >= 11 is -2.32. The van der Waals surface area contributed by atoms with Gasteiger partial charge < -0.3 is 14.3 Å². The number of carbonyl (C=O) groups excluding carboxylic acids is 1. The summed E-state index contributed by atoms with van der Waals surface area (Å²) in [6.45, 7) is 0. The number of esters is 1. The zero-order valence-corrected chi connectivity index (χ0v) is 10.0. The molecule has 1 atom stereocenters. The molecule has 0 spiro atoms. The topological polar surface area (TPSA) is 82.2 Å². The van der Waals surface area contributed by atoms with Crippen LogP contribution < -0.4 is 29.6 Å². The van der Waals surface area contributed by atoms with Gasteiger partial charge in [-0.15, -0.1) is 0 Å². The van der Waals surface area contributed by atoms with Crippen molar-refractivity contribution in [3.05, 3.63) is 18.0 Å². The van der Waals surface area contributed by atoms with Crippen molar-refractivity contribution in [2.45, 2.75) is 4.90 Å². The third-order valence-electron chi connectivity index (χ3n) is 1.25. The van der Waals surface area contributed by atoms with E-state index in [1.165, 1.54) is 19.4 Å². The minimum absolute atomic E-state index is 0. The van der Waals surface area contributed by atoms with Crippen molar-refractivity contribution in [3.63, 3.8) is 0 Å². The fourth-order valence-corrected chi connectivity index (χ4v) is 1.07. The van der Waals surface area contributed by atoms with Gasteiger partial charge in [0.15, 0.2) is 0 Å². The van der Waals surface area contributed by atoms with Gasteiger partial charge in [-0.25, -0.2) is 4.79 Å². The number of hydrogen-bond acceptors (Lipinski definition) is 4. The molecule has 1 aromatic rings. The van der Waals surface area contributed by atoms with Crippen LogP contribution in [0.3, 0.4) is 0 Å². The van der Waals surface area contributed by atoms with Crippen LogP contribution in [0, 0.1) is 0 Å². The van der Waals surface area contributed by atoms with Gasteiger partial charge >= 0.3 is 35.5 Å². The fraction of sp³-hybridized carbons (Fsp3) is 0.167. The van der Waals surface area contributed by atoms with Crippen LogP contribution in [0.25, 0.3) is 0 Å². The zero-order valence-electron chi connectivity index (χ0n) is 7.20. The Kier molecular flexibility index (Phi) is 5.50. The molecular weight excluding hydrogens is 205 g/mol. The van der Waals surface area contributed by atoms with Gasteiger partial charge in [-0.2, -0.15) is 0 Å². The molecule has 0 radical (unpaired) electrons. The third kappa shape index (κ3) is 3.24. The molecule has 66 valence electrons. The first kappa shape index (κ1) is 12.9. The minimum Gasteiger partial charge on any atom is -0.768 e. The average Bonchev–Trinajstić information content (AvgIpc) is 2.51. The van der Waals surface area contributed by atoms with Crippen LogP contribution in [-0.4, -0.2) is 26.8 Å². The molecule has 1 rings (SSSR count). The van der Waals surface area contributed by atoms with Gasteiger partial charge in [0, 0.05) is 11.1 Å². The summed E-state index contributed by atoms with van der Waals surface area (Å²) in [5.74, 6) is -0.591. The maximum Gasteiger partial charge on any atom is 1.00 e. The van der Waals surface area contributed by atoms with E-state index in [4.69, 9.17) is 0 Å². The van der Waals surface area contributed by atoms with Gasteiger partial charge in [0.25, 0.3) is 0 Å². The number of methoxy groups -OCH3 is 1. The summed E-state index contributed by atoms with van der Waals surface area (Å²) in [5.41, 5.74) is 0.122. The van der Waals surface area contributed by atoms with E-state index in [0.717, 1.165) is 0 Å². The number of hydrogen-bond donors (Lipinski definition) is 1. The van der Waals surface area contributed by atoms with Crippen molar-refractivity contribution in [1.29, 1.82) is 0 Å². The van der Waals surface area contributed by atoms with Gasteiger partial charge in [0.2, 0.25) is 0 Å². The standard InChI is InChI=1S/C6H7NO4S.Na/c1-11-6(8)5-2-4(3-7-5)12(9)10;/h2-3,7H,1H3,(H,9,10);/q;+1/p-1. The first-order valence-corrected chi connectivity index (χ1v) is 4.08. The SMILES string of the molecule is COC(=O)c1cc(S(=O)[O-])c[nH]1.[Na+]. The Morgan fingerprint density at radius 2 is 2.31 bits per heavy atom. The van der Waals surface area contributed by atoms with E-state index < -0.39 is 17.0 Å². The number of aromatic nitrogens is 1. The second kappa shape index (κ2) is 5.56. The van der Waals surface area contributed by atoms with Crippen molar-refractivity contribution in [2.24, 2.45) is 0 Å². The van der Waals surface area contributed by atoms with Crippen molar-refractivity contribution in [3.8, 4) is 0 Å². The summed E-state index contributed by atoms with van der Waals surface area (Å²) in [7, 11) is 1.22. The molecule has 7 heteroatoms. The quantitative estimate of drug-likeness (QED) is 0.322. The van der Waals surface area contributed by atoms with Crippen molar-refractivity contribution < 1.29 is 47.9 Å². The predicted molar refractivity (Wildman–Crippen MR) is 39.3 cm³/mol. The zero-order chi connectivity index (χ0) is 9.14. The summed E-state index contributed by atoms with van der Waals surface area (Å²) in [6.07, 6.45) is 1.22. The predicted octanol–water partition coefficient (Wildman–Crippen LogP) is -2.96. The maximum absolute atomic E-state index is 10.8. The monoisotopic (exact) mass is 211 g/mol. The Hall–Kier alpha value is -0.140. The fourth-order valence-electron chi connectivity index (χ4n) is 0.699. The van der Waals surface area contributed by atoms with E-state index >= 15 is 0 Å². The number of aromatic amines is 1. The van der Waals surface area contributed by atoms with Crippen LogP contribution in [0.1, 0.15) is 10.5 Å². The average molecular weight is 211 g/mol. The molecule has 0 aliphatic heterocycles. The van der Waals surface area contributed by atoms with Gasteiger partial charge in [0.1, 0.15) is 5.69 Å². The van der Waals surface area contributed by atoms with E-state index in [2.05, 4.69) is 9.72 Å². The Morgan fingerprint density at radius 3 is 2.69 bits per heavy atom. The maximum atomic E-state index is 10.8. The summed E-state index contributed by atoms with van der Waals surface area (Å²) < 4.78 is 25.1. The summed E-state index contributed by atoms with van der Waals surface area (Å²) in [6, 6.07) is 1.20. The molecule has 0 bridgehead atoms. The summed E-state index contributed by atoms with van der Waals surface area (Å²) in [4.78, 5) is 13.3. The van der Waals surface area contributed by atoms with E-state index in [-0.39, 0.29) is 40.1 Å². The van der Waals surface area contributed by atoms with Gasteiger partial charge in [-0.05, 0) is 17.1 Å². The number of rotatable bonds is 2. The number of ether oxygens (including phenoxy) is 1. The van der Waals surface area contributed by atoms with Gasteiger partial charge in [-0.3, -0.25) is 4.21 Å². The molecule has 13 heavy (non-hydrogen) atoms. The van der Waals surface area contributed by atoms with Crippen LogP contribution in [0.4, 0.5) is 0 Å². The molecule has 1 unspecified atom stereocenters. The molecule has 0 aromatic carbocycles. The van der Waals surface area contributed by atoms with E-state index in [1.807, 2.05) is 0 Å². The van der Waals surface area contributed by atoms with Crippen LogP contribution in [0.2, 0.25) is 0 Å².